The van der Waals surface area contributed by atoms with Crippen molar-refractivity contribution in [1.29, 1.82) is 0 Å². The molecule has 2 aromatic carbocycles. The summed E-state index contributed by atoms with van der Waals surface area (Å²) in [5, 5.41) is 9.56. The predicted molar refractivity (Wildman–Crippen MR) is 102 cm³/mol. The van der Waals surface area contributed by atoms with Crippen molar-refractivity contribution in [2.45, 2.75) is 38.7 Å². The van der Waals surface area contributed by atoms with Gasteiger partial charge in [0.2, 0.25) is 0 Å². The minimum absolute atomic E-state index is 0.198. The van der Waals surface area contributed by atoms with Gasteiger partial charge in [-0.2, -0.15) is 0 Å². The highest BCUT2D eigenvalue weighted by molar-refractivity contribution is 6.00. The van der Waals surface area contributed by atoms with E-state index in [1.54, 1.807) is 14.0 Å². The molecule has 0 atom stereocenters. The number of ether oxygens (including phenoxy) is 2. The zero-order chi connectivity index (χ0) is 18.5. The number of methoxy groups -OCH3 is 1. The maximum absolute atomic E-state index is 11.7. The molecule has 3 rings (SSSR count). The summed E-state index contributed by atoms with van der Waals surface area (Å²) in [6, 6.07) is 15.2. The van der Waals surface area contributed by atoms with Gasteiger partial charge in [-0.1, -0.05) is 36.4 Å². The summed E-state index contributed by atoms with van der Waals surface area (Å²) in [6.45, 7) is 1.63. The number of hydrogen-bond donors (Lipinski definition) is 1. The van der Waals surface area contributed by atoms with Crippen molar-refractivity contribution in [1.82, 2.24) is 0 Å². The van der Waals surface area contributed by atoms with Crippen molar-refractivity contribution in [2.24, 2.45) is 0 Å². The fraction of sp³-hybridized carbons (Fsp3) is 0.318. The van der Waals surface area contributed by atoms with E-state index < -0.39 is 5.97 Å². The first-order valence-corrected chi connectivity index (χ1v) is 8.95. The fourth-order valence-electron chi connectivity index (χ4n) is 3.42. The second kappa shape index (κ2) is 8.09. The summed E-state index contributed by atoms with van der Waals surface area (Å²) in [7, 11) is 1.62. The third-order valence-electron chi connectivity index (χ3n) is 4.81. The summed E-state index contributed by atoms with van der Waals surface area (Å²) in [4.78, 5) is 11.7. The normalized spacial score (nSPS) is 15.5. The molecule has 4 heteroatoms. The Labute approximate surface area is 154 Å². The molecule has 4 nitrogen and oxygen atoms in total. The van der Waals surface area contributed by atoms with Crippen LogP contribution in [-0.2, 0) is 4.79 Å². The van der Waals surface area contributed by atoms with Gasteiger partial charge in [0.25, 0.3) is 0 Å². The van der Waals surface area contributed by atoms with Crippen LogP contribution in [0.25, 0.3) is 5.57 Å². The summed E-state index contributed by atoms with van der Waals surface area (Å²) in [6.07, 6.45) is 4.65. The molecule has 1 aliphatic carbocycles. The zero-order valence-electron chi connectivity index (χ0n) is 15.2. The van der Waals surface area contributed by atoms with Crippen molar-refractivity contribution in [3.05, 3.63) is 65.2 Å². The molecule has 0 saturated heterocycles. The molecule has 136 valence electrons. The van der Waals surface area contributed by atoms with Crippen LogP contribution in [0.15, 0.2) is 54.1 Å². The first-order chi connectivity index (χ1) is 12.6. The standard InChI is InChI=1S/C22H24O4/c1-15(22(23)24)21(16-8-4-3-5-9-16)17-12-13-19(25-2)20(14-17)26-18-10-6-7-11-18/h3-5,8-9,12-14,18H,6-7,10-11H2,1-2H3,(H,23,24). The maximum atomic E-state index is 11.7. The van der Waals surface area contributed by atoms with Crippen molar-refractivity contribution >= 4 is 11.5 Å². The SMILES string of the molecule is COc1ccc(C(=C(C)C(=O)O)c2ccccc2)cc1OC1CCCC1. The van der Waals surface area contributed by atoms with Crippen molar-refractivity contribution < 1.29 is 19.4 Å². The number of carboxylic acids is 1. The number of carboxylic acid groups (broad SMARTS) is 1. The predicted octanol–water partition coefficient (Wildman–Crippen LogP) is 4.92. The van der Waals surface area contributed by atoms with Crippen LogP contribution in [-0.4, -0.2) is 24.3 Å². The van der Waals surface area contributed by atoms with Gasteiger partial charge in [0, 0.05) is 5.57 Å². The van der Waals surface area contributed by atoms with Crippen molar-refractivity contribution in [3.63, 3.8) is 0 Å². The molecule has 0 aromatic heterocycles. The van der Waals surface area contributed by atoms with Crippen LogP contribution in [0.1, 0.15) is 43.7 Å². The van der Waals surface area contributed by atoms with Crippen LogP contribution < -0.4 is 9.47 Å². The Kier molecular flexibility index (Phi) is 5.61. The minimum atomic E-state index is -0.932. The lowest BCUT2D eigenvalue weighted by atomic mass is 9.93. The molecule has 26 heavy (non-hydrogen) atoms. The molecular weight excluding hydrogens is 328 g/mol. The molecule has 0 heterocycles. The van der Waals surface area contributed by atoms with E-state index in [2.05, 4.69) is 0 Å². The lowest BCUT2D eigenvalue weighted by Gasteiger charge is -2.18. The van der Waals surface area contributed by atoms with Gasteiger partial charge in [-0.3, -0.25) is 0 Å². The summed E-state index contributed by atoms with van der Waals surface area (Å²) in [5.74, 6) is 0.405. The smallest absolute Gasteiger partial charge is 0.331 e. The Morgan fingerprint density at radius 3 is 2.31 bits per heavy atom. The van der Waals surface area contributed by atoms with Gasteiger partial charge in [0.1, 0.15) is 0 Å². The largest absolute Gasteiger partial charge is 0.493 e. The van der Waals surface area contributed by atoms with Gasteiger partial charge in [0.05, 0.1) is 13.2 Å². The topological polar surface area (TPSA) is 55.8 Å². The molecule has 1 saturated carbocycles. The van der Waals surface area contributed by atoms with Gasteiger partial charge in [-0.15, -0.1) is 0 Å². The summed E-state index contributed by atoms with van der Waals surface area (Å²) in [5.41, 5.74) is 2.67. The van der Waals surface area contributed by atoms with Gasteiger partial charge in [-0.05, 0) is 61.4 Å². The molecule has 1 aliphatic rings. The summed E-state index contributed by atoms with van der Waals surface area (Å²) < 4.78 is 11.6. The van der Waals surface area contributed by atoms with E-state index in [1.165, 1.54) is 12.8 Å². The molecule has 0 aliphatic heterocycles. The number of aliphatic carboxylic acids is 1. The highest BCUT2D eigenvalue weighted by atomic mass is 16.5. The van der Waals surface area contributed by atoms with E-state index in [0.29, 0.717) is 22.6 Å². The Bertz CT molecular complexity index is 802. The van der Waals surface area contributed by atoms with Gasteiger partial charge in [-0.25, -0.2) is 4.79 Å². The number of carbonyl (C=O) groups is 1. The number of hydrogen-bond acceptors (Lipinski definition) is 3. The lowest BCUT2D eigenvalue weighted by Crippen LogP contribution is -2.12. The monoisotopic (exact) mass is 352 g/mol. The molecular formula is C22H24O4. The Morgan fingerprint density at radius 1 is 1.00 bits per heavy atom. The average molecular weight is 352 g/mol. The van der Waals surface area contributed by atoms with E-state index in [4.69, 9.17) is 9.47 Å². The minimum Gasteiger partial charge on any atom is -0.493 e. The molecule has 0 spiro atoms. The first-order valence-electron chi connectivity index (χ1n) is 8.95. The van der Waals surface area contributed by atoms with E-state index >= 15 is 0 Å². The van der Waals surface area contributed by atoms with Gasteiger partial charge < -0.3 is 14.6 Å². The van der Waals surface area contributed by atoms with Gasteiger partial charge in [0.15, 0.2) is 11.5 Å². The second-order valence-corrected chi connectivity index (χ2v) is 6.56. The Hall–Kier alpha value is -2.75. The van der Waals surface area contributed by atoms with Crippen LogP contribution in [0.5, 0.6) is 11.5 Å². The van der Waals surface area contributed by atoms with Crippen LogP contribution in [0, 0.1) is 0 Å². The number of rotatable bonds is 6. The Balaban J connectivity index is 2.07. The zero-order valence-corrected chi connectivity index (χ0v) is 15.2. The quantitative estimate of drug-likeness (QED) is 0.750. The van der Waals surface area contributed by atoms with Crippen LogP contribution in [0.3, 0.4) is 0 Å². The second-order valence-electron chi connectivity index (χ2n) is 6.56. The third-order valence-corrected chi connectivity index (χ3v) is 4.81. The first kappa shape index (κ1) is 18.1. The van der Waals surface area contributed by atoms with Gasteiger partial charge >= 0.3 is 5.97 Å². The van der Waals surface area contributed by atoms with E-state index in [9.17, 15) is 9.90 Å². The van der Waals surface area contributed by atoms with Crippen LogP contribution in [0.4, 0.5) is 0 Å². The lowest BCUT2D eigenvalue weighted by molar-refractivity contribution is -0.132. The average Bonchev–Trinajstić information content (AvgIpc) is 3.16. The fourth-order valence-corrected chi connectivity index (χ4v) is 3.42. The van der Waals surface area contributed by atoms with Crippen LogP contribution >= 0.6 is 0 Å². The highest BCUT2D eigenvalue weighted by Gasteiger charge is 2.20. The molecule has 1 fully saturated rings. The van der Waals surface area contributed by atoms with E-state index in [1.807, 2.05) is 48.5 Å². The molecule has 1 N–H and O–H groups in total. The highest BCUT2D eigenvalue weighted by Crippen LogP contribution is 2.36. The van der Waals surface area contributed by atoms with E-state index in [-0.39, 0.29) is 6.10 Å². The Morgan fingerprint density at radius 2 is 1.69 bits per heavy atom. The number of benzene rings is 2. The third kappa shape index (κ3) is 3.90. The maximum Gasteiger partial charge on any atom is 0.331 e. The van der Waals surface area contributed by atoms with Crippen LogP contribution in [0.2, 0.25) is 0 Å². The molecule has 2 aromatic rings. The molecule has 0 unspecified atom stereocenters. The summed E-state index contributed by atoms with van der Waals surface area (Å²) >= 11 is 0. The molecule has 0 amide bonds. The van der Waals surface area contributed by atoms with Crippen molar-refractivity contribution in [3.8, 4) is 11.5 Å². The van der Waals surface area contributed by atoms with E-state index in [0.717, 1.165) is 24.0 Å². The van der Waals surface area contributed by atoms with Crippen molar-refractivity contribution in [2.75, 3.05) is 7.11 Å². The molecule has 0 bridgehead atoms. The molecule has 0 radical (unpaired) electrons.